The highest BCUT2D eigenvalue weighted by Crippen LogP contribution is 2.57. The lowest BCUT2D eigenvalue weighted by molar-refractivity contribution is -0.144. The third-order valence-electron chi connectivity index (χ3n) is 10.2. The molecule has 0 heterocycles. The first-order chi connectivity index (χ1) is 20.8. The zero-order valence-corrected chi connectivity index (χ0v) is 26.3. The van der Waals surface area contributed by atoms with Gasteiger partial charge < -0.3 is 36.0 Å². The molecule has 7 N–H and O–H groups in total. The number of phenols is 1. The molecule has 0 spiro atoms. The first-order valence-electron chi connectivity index (χ1n) is 15.3. The lowest BCUT2D eigenvalue weighted by atomic mass is 9.56. The second-order valence-corrected chi connectivity index (χ2v) is 12.6. The van der Waals surface area contributed by atoms with Gasteiger partial charge in [0.2, 0.25) is 0 Å². The quantitative estimate of drug-likeness (QED) is 0.265. The summed E-state index contributed by atoms with van der Waals surface area (Å²) in [6.45, 7) is 8.75. The van der Waals surface area contributed by atoms with E-state index in [0.717, 1.165) is 41.9 Å². The van der Waals surface area contributed by atoms with Crippen LogP contribution >= 0.6 is 0 Å². The number of hydrogen-bond donors (Lipinski definition) is 6. The fourth-order valence-electron chi connectivity index (χ4n) is 8.02. The van der Waals surface area contributed by atoms with E-state index in [9.17, 15) is 30.3 Å². The monoisotopic (exact) mass is 607 g/mol. The number of aliphatic hydroxyl groups excluding tert-OH is 3. The fourth-order valence-corrected chi connectivity index (χ4v) is 8.02. The van der Waals surface area contributed by atoms with Gasteiger partial charge in [-0.1, -0.05) is 32.9 Å². The normalized spacial score (nSPS) is 28.2. The summed E-state index contributed by atoms with van der Waals surface area (Å²) < 4.78 is 5.80. The van der Waals surface area contributed by atoms with E-state index in [1.165, 1.54) is 0 Å². The van der Waals surface area contributed by atoms with Gasteiger partial charge in [0, 0.05) is 29.5 Å². The molecule has 10 nitrogen and oxygen atoms in total. The summed E-state index contributed by atoms with van der Waals surface area (Å²) in [5.41, 5.74) is 7.73. The van der Waals surface area contributed by atoms with E-state index in [-0.39, 0.29) is 11.7 Å². The minimum atomic E-state index is -2.27. The van der Waals surface area contributed by atoms with Crippen molar-refractivity contribution in [1.82, 2.24) is 9.80 Å². The summed E-state index contributed by atoms with van der Waals surface area (Å²) in [5.74, 6) is -2.82. The van der Waals surface area contributed by atoms with Crippen LogP contribution in [0.3, 0.4) is 0 Å². The van der Waals surface area contributed by atoms with Crippen LogP contribution < -0.4 is 10.5 Å². The standard InChI is InChI=1S/C34H45N3O7/c1-7-37(8-2)16-18-9-12-25(44-6)21(13-18)20-10-11-24(38)27-17(3)26-19(14-22(20)27)15-23-29(36(4)5)30(39)28(33(35)42)32(41)34(23,43)31(26)40/h9-13,17,19,23,29,32,38-41,43H,7-8,14-16H2,1-6H3,(H2,35,42)/t17?,19-,23-,29?,32?,34-/m0/s1. The van der Waals surface area contributed by atoms with Gasteiger partial charge in [0.25, 0.3) is 5.91 Å². The minimum Gasteiger partial charge on any atom is -0.510 e. The summed E-state index contributed by atoms with van der Waals surface area (Å²) in [5, 5.41) is 57.5. The number of rotatable bonds is 8. The van der Waals surface area contributed by atoms with Crippen LogP contribution in [0.2, 0.25) is 0 Å². The smallest absolute Gasteiger partial charge is 0.250 e. The Morgan fingerprint density at radius 2 is 1.77 bits per heavy atom. The molecule has 0 aliphatic heterocycles. The Hall–Kier alpha value is -3.57. The number of fused-ring (bicyclic) bond motifs is 3. The number of phenolic OH excluding ortho intramolecular Hbond substituents is 1. The minimum absolute atomic E-state index is 0.0631. The van der Waals surface area contributed by atoms with Crippen molar-refractivity contribution in [3.8, 4) is 22.6 Å². The lowest BCUT2D eigenvalue weighted by Gasteiger charge is -2.54. The summed E-state index contributed by atoms with van der Waals surface area (Å²) in [6, 6.07) is 8.81. The molecule has 44 heavy (non-hydrogen) atoms. The zero-order chi connectivity index (χ0) is 32.2. The van der Waals surface area contributed by atoms with Crippen LogP contribution in [0.4, 0.5) is 0 Å². The van der Waals surface area contributed by atoms with Crippen LogP contribution in [0.5, 0.6) is 11.5 Å². The molecule has 0 radical (unpaired) electrons. The number of ether oxygens (including phenoxy) is 1. The topological polar surface area (TPSA) is 160 Å². The number of benzene rings is 2. The molecule has 0 bridgehead atoms. The van der Waals surface area contributed by atoms with Gasteiger partial charge in [-0.05, 0) is 86.4 Å². The van der Waals surface area contributed by atoms with Crippen molar-refractivity contribution in [3.05, 3.63) is 69.7 Å². The maximum atomic E-state index is 12.3. The van der Waals surface area contributed by atoms with Crippen molar-refractivity contribution in [2.45, 2.75) is 63.8 Å². The Kier molecular flexibility index (Phi) is 8.50. The molecule has 2 aromatic rings. The molecule has 10 heteroatoms. The highest BCUT2D eigenvalue weighted by Gasteiger charge is 2.62. The van der Waals surface area contributed by atoms with Crippen LogP contribution in [0, 0.1) is 11.8 Å². The van der Waals surface area contributed by atoms with E-state index < -0.39 is 52.6 Å². The Morgan fingerprint density at radius 3 is 2.36 bits per heavy atom. The largest absolute Gasteiger partial charge is 0.510 e. The van der Waals surface area contributed by atoms with Crippen molar-refractivity contribution in [2.75, 3.05) is 34.3 Å². The maximum absolute atomic E-state index is 12.3. The van der Waals surface area contributed by atoms with Gasteiger partial charge in [-0.25, -0.2) is 0 Å². The number of nitrogens with zero attached hydrogens (tertiary/aromatic N) is 2. The number of hydrogen-bond acceptors (Lipinski definition) is 9. The van der Waals surface area contributed by atoms with Gasteiger partial charge in [0.15, 0.2) is 5.60 Å². The van der Waals surface area contributed by atoms with Crippen LogP contribution in [0.1, 0.15) is 49.8 Å². The predicted molar refractivity (Wildman–Crippen MR) is 167 cm³/mol. The number of primary amides is 1. The van der Waals surface area contributed by atoms with Crippen molar-refractivity contribution in [3.63, 3.8) is 0 Å². The van der Waals surface area contributed by atoms with Gasteiger partial charge in [-0.15, -0.1) is 0 Å². The molecule has 238 valence electrons. The Bertz CT molecular complexity index is 1530. The number of amides is 1. The fraction of sp³-hybridized carbons (Fsp3) is 0.500. The van der Waals surface area contributed by atoms with Gasteiger partial charge >= 0.3 is 0 Å². The molecular formula is C34H45N3O7. The summed E-state index contributed by atoms with van der Waals surface area (Å²) in [6.07, 6.45) is -1.20. The number of allylic oxidation sites excluding steroid dienone is 1. The second-order valence-electron chi connectivity index (χ2n) is 12.6. The van der Waals surface area contributed by atoms with E-state index in [1.54, 1.807) is 32.2 Å². The number of carbonyl (C=O) groups is 1. The molecule has 3 aliphatic rings. The molecule has 3 aliphatic carbocycles. The van der Waals surface area contributed by atoms with Crippen LogP contribution in [0.25, 0.3) is 11.1 Å². The molecule has 0 saturated carbocycles. The van der Waals surface area contributed by atoms with E-state index >= 15 is 0 Å². The Balaban J connectivity index is 1.68. The highest BCUT2D eigenvalue weighted by molar-refractivity contribution is 5.94. The zero-order valence-electron chi connectivity index (χ0n) is 26.3. The van der Waals surface area contributed by atoms with Crippen LogP contribution in [-0.2, 0) is 17.8 Å². The summed E-state index contributed by atoms with van der Waals surface area (Å²) in [4.78, 5) is 16.3. The number of aromatic hydroxyl groups is 1. The van der Waals surface area contributed by atoms with Crippen LogP contribution in [0.15, 0.2) is 53.0 Å². The summed E-state index contributed by atoms with van der Waals surface area (Å²) in [7, 11) is 5.02. The SMILES string of the molecule is CCN(CC)Cc1ccc(OC)c(-c2ccc(O)c3c2C[C@H]2C[C@H]4C(N(C)C)C(O)=C(C(N)=O)C(O)[C@@]4(O)C(O)=C2C3C)c1. The lowest BCUT2D eigenvalue weighted by Crippen LogP contribution is -2.65. The number of likely N-dealkylation sites (N-methyl/N-ethyl adjacent to an activating group) is 1. The van der Waals surface area contributed by atoms with Crippen molar-refractivity contribution in [2.24, 2.45) is 17.6 Å². The number of nitrogens with two attached hydrogens (primary N) is 1. The van der Waals surface area contributed by atoms with E-state index in [1.807, 2.05) is 19.1 Å². The number of aliphatic hydroxyl groups is 4. The molecule has 0 aromatic heterocycles. The Morgan fingerprint density at radius 1 is 1.09 bits per heavy atom. The average Bonchev–Trinajstić information content (AvgIpc) is 2.97. The van der Waals surface area contributed by atoms with E-state index in [4.69, 9.17) is 10.5 Å². The molecule has 1 amide bonds. The average molecular weight is 608 g/mol. The van der Waals surface area contributed by atoms with Gasteiger partial charge in [-0.2, -0.15) is 0 Å². The molecule has 0 fully saturated rings. The van der Waals surface area contributed by atoms with Crippen LogP contribution in [-0.4, -0.2) is 93.3 Å². The number of carbonyl (C=O) groups excluding carboxylic acids is 1. The first kappa shape index (κ1) is 31.8. The van der Waals surface area contributed by atoms with E-state index in [2.05, 4.69) is 30.9 Å². The third-order valence-corrected chi connectivity index (χ3v) is 10.2. The van der Waals surface area contributed by atoms with Crippen molar-refractivity contribution < 1.29 is 35.1 Å². The van der Waals surface area contributed by atoms with Gasteiger partial charge in [0.05, 0.1) is 18.7 Å². The Labute approximate surface area is 258 Å². The molecule has 3 unspecified atom stereocenters. The van der Waals surface area contributed by atoms with Gasteiger partial charge in [-0.3, -0.25) is 14.6 Å². The number of methoxy groups -OCH3 is 1. The van der Waals surface area contributed by atoms with Gasteiger partial charge in [0.1, 0.15) is 29.1 Å². The third kappa shape index (κ3) is 4.75. The van der Waals surface area contributed by atoms with Crippen molar-refractivity contribution in [1.29, 1.82) is 0 Å². The molecule has 0 saturated heterocycles. The predicted octanol–water partition coefficient (Wildman–Crippen LogP) is 3.35. The molecule has 2 aromatic carbocycles. The molecular weight excluding hydrogens is 562 g/mol. The van der Waals surface area contributed by atoms with Crippen molar-refractivity contribution >= 4 is 5.91 Å². The maximum Gasteiger partial charge on any atom is 0.250 e. The molecule has 5 rings (SSSR count). The summed E-state index contributed by atoms with van der Waals surface area (Å²) >= 11 is 0. The highest BCUT2D eigenvalue weighted by atomic mass is 16.5. The van der Waals surface area contributed by atoms with E-state index in [0.29, 0.717) is 29.7 Å². The first-order valence-corrected chi connectivity index (χ1v) is 15.3. The molecule has 6 atom stereocenters. The second kappa shape index (κ2) is 11.7.